The third-order valence-electron chi connectivity index (χ3n) is 3.85. The fraction of sp³-hybridized carbons (Fsp3) is 0.0526. The van der Waals surface area contributed by atoms with Gasteiger partial charge < -0.3 is 9.73 Å². The quantitative estimate of drug-likeness (QED) is 0.446. The van der Waals surface area contributed by atoms with E-state index in [4.69, 9.17) is 16.0 Å². The SMILES string of the molecule is FC(F)(F)c1cccc(Nc2nc(-c3ccco3)nc3cc(Cl)ccc23)c1. The average molecular weight is 390 g/mol. The Morgan fingerprint density at radius 2 is 1.81 bits per heavy atom. The van der Waals surface area contributed by atoms with Crippen LogP contribution in [0.4, 0.5) is 24.7 Å². The van der Waals surface area contributed by atoms with Gasteiger partial charge in [-0.05, 0) is 48.5 Å². The molecule has 0 amide bonds. The molecule has 0 fully saturated rings. The van der Waals surface area contributed by atoms with Gasteiger partial charge in [-0.1, -0.05) is 17.7 Å². The van der Waals surface area contributed by atoms with Crippen LogP contribution in [0.15, 0.2) is 65.3 Å². The third kappa shape index (κ3) is 3.59. The van der Waals surface area contributed by atoms with Crippen LogP contribution in [0.5, 0.6) is 0 Å². The number of furan rings is 1. The Morgan fingerprint density at radius 1 is 0.963 bits per heavy atom. The van der Waals surface area contributed by atoms with Crippen molar-refractivity contribution >= 4 is 34.0 Å². The molecular formula is C19H11ClF3N3O. The van der Waals surface area contributed by atoms with E-state index >= 15 is 0 Å². The van der Waals surface area contributed by atoms with Crippen molar-refractivity contribution in [3.8, 4) is 11.6 Å². The Kier molecular flexibility index (Phi) is 4.24. The van der Waals surface area contributed by atoms with Crippen molar-refractivity contribution in [1.82, 2.24) is 9.97 Å². The molecule has 136 valence electrons. The Morgan fingerprint density at radius 3 is 2.56 bits per heavy atom. The monoisotopic (exact) mass is 389 g/mol. The number of rotatable bonds is 3. The molecule has 2 heterocycles. The van der Waals surface area contributed by atoms with Crippen molar-refractivity contribution in [3.05, 3.63) is 71.4 Å². The first-order valence-electron chi connectivity index (χ1n) is 7.85. The predicted octanol–water partition coefficient (Wildman–Crippen LogP) is 6.31. The number of hydrogen-bond acceptors (Lipinski definition) is 4. The molecule has 4 aromatic rings. The first-order chi connectivity index (χ1) is 12.9. The molecule has 27 heavy (non-hydrogen) atoms. The number of aromatic nitrogens is 2. The normalized spacial score (nSPS) is 11.7. The average Bonchev–Trinajstić information content (AvgIpc) is 3.15. The lowest BCUT2D eigenvalue weighted by Crippen LogP contribution is -2.05. The molecule has 0 spiro atoms. The van der Waals surface area contributed by atoms with Gasteiger partial charge in [0, 0.05) is 16.1 Å². The van der Waals surface area contributed by atoms with Crippen molar-refractivity contribution < 1.29 is 17.6 Å². The summed E-state index contributed by atoms with van der Waals surface area (Å²) in [5.41, 5.74) is 0.0451. The van der Waals surface area contributed by atoms with Crippen LogP contribution in [-0.2, 0) is 6.18 Å². The topological polar surface area (TPSA) is 51.0 Å². The van der Waals surface area contributed by atoms with E-state index in [2.05, 4.69) is 15.3 Å². The Bertz CT molecular complexity index is 1110. The fourth-order valence-corrected chi connectivity index (χ4v) is 2.79. The minimum Gasteiger partial charge on any atom is -0.461 e. The van der Waals surface area contributed by atoms with Gasteiger partial charge in [-0.3, -0.25) is 0 Å². The highest BCUT2D eigenvalue weighted by Gasteiger charge is 2.30. The molecule has 2 aromatic carbocycles. The highest BCUT2D eigenvalue weighted by atomic mass is 35.5. The number of hydrogen-bond donors (Lipinski definition) is 1. The van der Waals surface area contributed by atoms with Crippen molar-refractivity contribution in [1.29, 1.82) is 0 Å². The molecule has 0 bridgehead atoms. The van der Waals surface area contributed by atoms with Gasteiger partial charge in [0.15, 0.2) is 11.6 Å². The standard InChI is InChI=1S/C19H11ClF3N3O/c20-12-6-7-14-15(10-12)25-18(16-5-2-8-27-16)26-17(14)24-13-4-1-3-11(9-13)19(21,22)23/h1-10H,(H,24,25,26). The van der Waals surface area contributed by atoms with E-state index in [1.807, 2.05) is 0 Å². The van der Waals surface area contributed by atoms with E-state index in [9.17, 15) is 13.2 Å². The Labute approximate surface area is 156 Å². The molecule has 8 heteroatoms. The van der Waals surface area contributed by atoms with E-state index < -0.39 is 11.7 Å². The highest BCUT2D eigenvalue weighted by Crippen LogP contribution is 2.33. The molecule has 0 radical (unpaired) electrons. The van der Waals surface area contributed by atoms with Crippen LogP contribution in [0.2, 0.25) is 5.02 Å². The maximum Gasteiger partial charge on any atom is 0.416 e. The van der Waals surface area contributed by atoms with E-state index in [1.54, 1.807) is 30.3 Å². The van der Waals surface area contributed by atoms with Crippen LogP contribution in [0.3, 0.4) is 0 Å². The zero-order valence-corrected chi connectivity index (χ0v) is 14.3. The van der Waals surface area contributed by atoms with Gasteiger partial charge in [0.2, 0.25) is 0 Å². The molecule has 0 saturated heterocycles. The second-order valence-corrected chi connectivity index (χ2v) is 6.17. The number of nitrogens with one attached hydrogen (secondary N) is 1. The molecule has 2 aromatic heterocycles. The third-order valence-corrected chi connectivity index (χ3v) is 4.09. The van der Waals surface area contributed by atoms with Crippen molar-refractivity contribution in [2.24, 2.45) is 0 Å². The number of anilines is 2. The first-order valence-corrected chi connectivity index (χ1v) is 8.23. The molecule has 0 aliphatic rings. The zero-order valence-electron chi connectivity index (χ0n) is 13.6. The van der Waals surface area contributed by atoms with Crippen LogP contribution in [-0.4, -0.2) is 9.97 Å². The lowest BCUT2D eigenvalue weighted by Gasteiger charge is -2.12. The van der Waals surface area contributed by atoms with Gasteiger partial charge in [0.25, 0.3) is 0 Å². The van der Waals surface area contributed by atoms with E-state index in [0.29, 0.717) is 33.3 Å². The van der Waals surface area contributed by atoms with E-state index in [0.717, 1.165) is 12.1 Å². The molecule has 4 nitrogen and oxygen atoms in total. The van der Waals surface area contributed by atoms with Crippen molar-refractivity contribution in [2.45, 2.75) is 6.18 Å². The molecule has 4 rings (SSSR count). The second kappa shape index (κ2) is 6.59. The Hall–Kier alpha value is -3.06. The van der Waals surface area contributed by atoms with Gasteiger partial charge >= 0.3 is 6.18 Å². The molecular weight excluding hydrogens is 379 g/mol. The van der Waals surface area contributed by atoms with Gasteiger partial charge in [0.05, 0.1) is 17.3 Å². The molecule has 1 N–H and O–H groups in total. The van der Waals surface area contributed by atoms with E-state index in [1.165, 1.54) is 18.4 Å². The first kappa shape index (κ1) is 17.4. The van der Waals surface area contributed by atoms with Gasteiger partial charge in [0.1, 0.15) is 5.82 Å². The van der Waals surface area contributed by atoms with Crippen LogP contribution >= 0.6 is 11.6 Å². The molecule has 0 aliphatic carbocycles. The number of benzene rings is 2. The summed E-state index contributed by atoms with van der Waals surface area (Å²) in [6, 6.07) is 13.3. The summed E-state index contributed by atoms with van der Waals surface area (Å²) in [7, 11) is 0. The van der Waals surface area contributed by atoms with Crippen LogP contribution in [0.25, 0.3) is 22.5 Å². The molecule has 0 saturated carbocycles. The maximum atomic E-state index is 13.0. The van der Waals surface area contributed by atoms with Gasteiger partial charge in [-0.15, -0.1) is 0 Å². The second-order valence-electron chi connectivity index (χ2n) is 5.74. The smallest absolute Gasteiger partial charge is 0.416 e. The maximum absolute atomic E-state index is 13.0. The molecule has 0 aliphatic heterocycles. The van der Waals surface area contributed by atoms with Crippen LogP contribution in [0.1, 0.15) is 5.56 Å². The lowest BCUT2D eigenvalue weighted by molar-refractivity contribution is -0.137. The lowest BCUT2D eigenvalue weighted by atomic mass is 10.2. The summed E-state index contributed by atoms with van der Waals surface area (Å²) in [4.78, 5) is 8.85. The summed E-state index contributed by atoms with van der Waals surface area (Å²) >= 11 is 6.05. The van der Waals surface area contributed by atoms with Crippen LogP contribution in [0, 0.1) is 0 Å². The largest absolute Gasteiger partial charge is 0.461 e. The number of alkyl halides is 3. The van der Waals surface area contributed by atoms with E-state index in [-0.39, 0.29) is 5.69 Å². The fourth-order valence-electron chi connectivity index (χ4n) is 2.62. The minimum atomic E-state index is -4.43. The summed E-state index contributed by atoms with van der Waals surface area (Å²) in [5, 5.41) is 4.05. The van der Waals surface area contributed by atoms with Crippen LogP contribution < -0.4 is 5.32 Å². The summed E-state index contributed by atoms with van der Waals surface area (Å²) < 4.78 is 44.3. The summed E-state index contributed by atoms with van der Waals surface area (Å²) in [6.07, 6.45) is -2.95. The summed E-state index contributed by atoms with van der Waals surface area (Å²) in [5.74, 6) is 1.08. The number of fused-ring (bicyclic) bond motifs is 1. The summed E-state index contributed by atoms with van der Waals surface area (Å²) in [6.45, 7) is 0. The number of halogens is 4. The zero-order chi connectivity index (χ0) is 19.0. The van der Waals surface area contributed by atoms with Gasteiger partial charge in [-0.25, -0.2) is 9.97 Å². The minimum absolute atomic E-state index is 0.255. The molecule has 0 atom stereocenters. The van der Waals surface area contributed by atoms with Crippen molar-refractivity contribution in [3.63, 3.8) is 0 Å². The van der Waals surface area contributed by atoms with Crippen molar-refractivity contribution in [2.75, 3.05) is 5.32 Å². The van der Waals surface area contributed by atoms with Gasteiger partial charge in [-0.2, -0.15) is 13.2 Å². The number of nitrogens with zero attached hydrogens (tertiary/aromatic N) is 2. The Balaban J connectivity index is 1.83. The predicted molar refractivity (Wildman–Crippen MR) is 97.0 cm³/mol. The molecule has 0 unspecified atom stereocenters. The highest BCUT2D eigenvalue weighted by molar-refractivity contribution is 6.31.